The molecule has 0 saturated carbocycles. The highest BCUT2D eigenvalue weighted by Crippen LogP contribution is 2.29. The van der Waals surface area contributed by atoms with Crippen LogP contribution in [0.3, 0.4) is 0 Å². The summed E-state index contributed by atoms with van der Waals surface area (Å²) in [7, 11) is 2.15. The molecule has 4 nitrogen and oxygen atoms in total. The van der Waals surface area contributed by atoms with Crippen LogP contribution < -0.4 is 0 Å². The lowest BCUT2D eigenvalue weighted by molar-refractivity contribution is -0.139. The van der Waals surface area contributed by atoms with Crippen LogP contribution >= 0.6 is 0 Å². The van der Waals surface area contributed by atoms with E-state index in [-0.39, 0.29) is 6.54 Å². The molecule has 17 heavy (non-hydrogen) atoms. The van der Waals surface area contributed by atoms with Crippen molar-refractivity contribution in [2.24, 2.45) is 11.8 Å². The van der Waals surface area contributed by atoms with Gasteiger partial charge in [0.25, 0.3) is 0 Å². The molecule has 0 amide bonds. The van der Waals surface area contributed by atoms with Gasteiger partial charge in [-0.2, -0.15) is 0 Å². The number of piperidine rings is 1. The highest BCUT2D eigenvalue weighted by atomic mass is 16.4. The minimum atomic E-state index is -0.693. The second kappa shape index (κ2) is 6.97. The molecule has 0 bridgehead atoms. The molecular weight excluding hydrogens is 216 g/mol. The molecule has 0 aromatic rings. The van der Waals surface area contributed by atoms with Gasteiger partial charge >= 0.3 is 5.97 Å². The minimum absolute atomic E-state index is 0.221. The second-order valence-electron chi connectivity index (χ2n) is 5.01. The maximum Gasteiger partial charge on any atom is 0.317 e. The Morgan fingerprint density at radius 3 is 2.41 bits per heavy atom. The monoisotopic (exact) mass is 242 g/mol. The molecule has 2 saturated heterocycles. The molecule has 0 aromatic heterocycles. The van der Waals surface area contributed by atoms with Crippen molar-refractivity contribution in [3.63, 3.8) is 0 Å². The molecule has 2 rings (SSSR count). The molecule has 1 unspecified atom stereocenters. The van der Waals surface area contributed by atoms with E-state index in [1.165, 1.54) is 19.5 Å². The highest BCUT2D eigenvalue weighted by molar-refractivity contribution is 5.69. The van der Waals surface area contributed by atoms with Crippen LogP contribution in [0.4, 0.5) is 0 Å². The van der Waals surface area contributed by atoms with Gasteiger partial charge in [0.15, 0.2) is 0 Å². The number of rotatable bonds is 3. The van der Waals surface area contributed by atoms with Gasteiger partial charge in [0.2, 0.25) is 0 Å². The summed E-state index contributed by atoms with van der Waals surface area (Å²) < 4.78 is 0. The standard InChI is InChI=1S/C11H20N2O2.C2H6/c1-12-5-10(6-12)9-3-2-4-13(7-9)8-11(14)15;1-2/h9-10H,2-8H2,1H3,(H,14,15);1-2H3. The zero-order valence-electron chi connectivity index (χ0n) is 11.4. The van der Waals surface area contributed by atoms with Crippen LogP contribution in [0.5, 0.6) is 0 Å². The number of hydrogen-bond acceptors (Lipinski definition) is 3. The van der Waals surface area contributed by atoms with Gasteiger partial charge < -0.3 is 10.0 Å². The average molecular weight is 242 g/mol. The summed E-state index contributed by atoms with van der Waals surface area (Å²) in [6, 6.07) is 0. The Balaban J connectivity index is 0.000000686. The van der Waals surface area contributed by atoms with Gasteiger partial charge in [-0.3, -0.25) is 9.69 Å². The number of hydrogen-bond donors (Lipinski definition) is 1. The van der Waals surface area contributed by atoms with Gasteiger partial charge in [0.05, 0.1) is 6.54 Å². The van der Waals surface area contributed by atoms with Crippen LogP contribution in [0.25, 0.3) is 0 Å². The third-order valence-corrected chi connectivity index (χ3v) is 3.66. The van der Waals surface area contributed by atoms with Crippen molar-refractivity contribution >= 4 is 5.97 Å². The molecule has 2 heterocycles. The molecule has 0 aromatic carbocycles. The molecule has 1 N–H and O–H groups in total. The fourth-order valence-corrected chi connectivity index (χ4v) is 2.86. The fourth-order valence-electron chi connectivity index (χ4n) is 2.86. The Labute approximate surface area is 105 Å². The zero-order chi connectivity index (χ0) is 12.8. The van der Waals surface area contributed by atoms with E-state index >= 15 is 0 Å². The quantitative estimate of drug-likeness (QED) is 0.812. The molecular formula is C13H26N2O2. The smallest absolute Gasteiger partial charge is 0.317 e. The summed E-state index contributed by atoms with van der Waals surface area (Å²) in [4.78, 5) is 15.1. The molecule has 0 aliphatic carbocycles. The molecule has 100 valence electrons. The van der Waals surface area contributed by atoms with Gasteiger partial charge in [-0.1, -0.05) is 13.8 Å². The molecule has 0 radical (unpaired) electrons. The maximum absolute atomic E-state index is 10.6. The van der Waals surface area contributed by atoms with Crippen LogP contribution in [0.15, 0.2) is 0 Å². The summed E-state index contributed by atoms with van der Waals surface area (Å²) in [6.45, 7) is 8.58. The van der Waals surface area contributed by atoms with Gasteiger partial charge in [-0.05, 0) is 38.3 Å². The predicted octanol–water partition coefficient (Wildman–Crippen LogP) is 1.37. The van der Waals surface area contributed by atoms with E-state index in [2.05, 4.69) is 16.8 Å². The van der Waals surface area contributed by atoms with Crippen LogP contribution in [0, 0.1) is 11.8 Å². The van der Waals surface area contributed by atoms with Crippen molar-refractivity contribution < 1.29 is 9.90 Å². The summed E-state index contributed by atoms with van der Waals surface area (Å²) in [5, 5.41) is 8.75. The lowest BCUT2D eigenvalue weighted by Gasteiger charge is -2.44. The Morgan fingerprint density at radius 2 is 1.88 bits per heavy atom. The Morgan fingerprint density at radius 1 is 1.24 bits per heavy atom. The number of carbonyl (C=O) groups is 1. The summed E-state index contributed by atoms with van der Waals surface area (Å²) in [5.74, 6) is 0.849. The number of likely N-dealkylation sites (tertiary alicyclic amines) is 2. The lowest BCUT2D eigenvalue weighted by atomic mass is 9.81. The van der Waals surface area contributed by atoms with E-state index in [4.69, 9.17) is 5.11 Å². The van der Waals surface area contributed by atoms with Crippen LogP contribution in [-0.4, -0.2) is 60.6 Å². The third-order valence-electron chi connectivity index (χ3n) is 3.66. The Hall–Kier alpha value is -0.610. The lowest BCUT2D eigenvalue weighted by Crippen LogP contribution is -2.52. The first-order valence-electron chi connectivity index (χ1n) is 6.78. The van der Waals surface area contributed by atoms with Crippen LogP contribution in [-0.2, 0) is 4.79 Å². The third kappa shape index (κ3) is 4.28. The van der Waals surface area contributed by atoms with E-state index in [0.29, 0.717) is 0 Å². The van der Waals surface area contributed by atoms with Gasteiger partial charge in [-0.25, -0.2) is 0 Å². The summed E-state index contributed by atoms with van der Waals surface area (Å²) in [5.41, 5.74) is 0. The van der Waals surface area contributed by atoms with Crippen molar-refractivity contribution in [3.05, 3.63) is 0 Å². The van der Waals surface area contributed by atoms with E-state index in [9.17, 15) is 4.79 Å². The first-order chi connectivity index (χ1) is 8.15. The molecule has 2 fully saturated rings. The van der Waals surface area contributed by atoms with Crippen molar-refractivity contribution in [2.75, 3.05) is 39.8 Å². The maximum atomic E-state index is 10.6. The molecule has 4 heteroatoms. The van der Waals surface area contributed by atoms with Gasteiger partial charge in [0, 0.05) is 19.6 Å². The topological polar surface area (TPSA) is 43.8 Å². The van der Waals surface area contributed by atoms with Crippen molar-refractivity contribution in [3.8, 4) is 0 Å². The normalized spacial score (nSPS) is 26.9. The number of nitrogens with zero attached hydrogens (tertiary/aromatic N) is 2. The van der Waals surface area contributed by atoms with E-state index < -0.39 is 5.97 Å². The second-order valence-corrected chi connectivity index (χ2v) is 5.01. The number of aliphatic carboxylic acids is 1. The minimum Gasteiger partial charge on any atom is -0.480 e. The fraction of sp³-hybridized carbons (Fsp3) is 0.923. The summed E-state index contributed by atoms with van der Waals surface area (Å²) in [6.07, 6.45) is 2.45. The van der Waals surface area contributed by atoms with Gasteiger partial charge in [0.1, 0.15) is 0 Å². The van der Waals surface area contributed by atoms with Crippen molar-refractivity contribution in [1.82, 2.24) is 9.80 Å². The van der Waals surface area contributed by atoms with Crippen LogP contribution in [0.1, 0.15) is 26.7 Å². The highest BCUT2D eigenvalue weighted by Gasteiger charge is 2.34. The SMILES string of the molecule is CC.CN1CC(C2CCCN(CC(=O)O)C2)C1. The van der Waals surface area contributed by atoms with Gasteiger partial charge in [-0.15, -0.1) is 0 Å². The Bertz CT molecular complexity index is 240. The number of carboxylic acid groups (broad SMARTS) is 1. The zero-order valence-corrected chi connectivity index (χ0v) is 11.4. The average Bonchev–Trinajstić information content (AvgIpc) is 2.27. The van der Waals surface area contributed by atoms with Crippen molar-refractivity contribution in [2.45, 2.75) is 26.7 Å². The van der Waals surface area contributed by atoms with E-state index in [1.54, 1.807) is 0 Å². The first kappa shape index (κ1) is 14.5. The van der Waals surface area contributed by atoms with Crippen molar-refractivity contribution in [1.29, 1.82) is 0 Å². The van der Waals surface area contributed by atoms with E-state index in [1.807, 2.05) is 13.8 Å². The predicted molar refractivity (Wildman–Crippen MR) is 69.1 cm³/mol. The molecule has 2 aliphatic heterocycles. The Kier molecular flexibility index (Phi) is 5.92. The largest absolute Gasteiger partial charge is 0.480 e. The number of carboxylic acids is 1. The summed E-state index contributed by atoms with van der Waals surface area (Å²) >= 11 is 0. The molecule has 2 aliphatic rings. The van der Waals surface area contributed by atoms with Crippen LogP contribution in [0.2, 0.25) is 0 Å². The van der Waals surface area contributed by atoms with E-state index in [0.717, 1.165) is 31.3 Å². The molecule has 0 spiro atoms. The first-order valence-corrected chi connectivity index (χ1v) is 6.78. The molecule has 1 atom stereocenters.